The maximum Gasteiger partial charge on any atom is 0.222 e. The van der Waals surface area contributed by atoms with Crippen LogP contribution in [0.1, 0.15) is 38.7 Å². The lowest BCUT2D eigenvalue weighted by atomic mass is 9.86. The number of anilines is 1. The van der Waals surface area contributed by atoms with Crippen LogP contribution < -0.4 is 4.90 Å². The molecule has 3 aliphatic heterocycles. The maximum absolute atomic E-state index is 13.1. The van der Waals surface area contributed by atoms with Crippen LogP contribution in [0.25, 0.3) is 0 Å². The predicted octanol–water partition coefficient (Wildman–Crippen LogP) is 3.10. The van der Waals surface area contributed by atoms with Crippen LogP contribution in [0.5, 0.6) is 0 Å². The molecular formula is C27H44N4O2. The van der Waals surface area contributed by atoms with Crippen molar-refractivity contribution in [1.82, 2.24) is 14.7 Å². The van der Waals surface area contributed by atoms with Gasteiger partial charge in [-0.2, -0.15) is 0 Å². The van der Waals surface area contributed by atoms with Crippen molar-refractivity contribution in [3.63, 3.8) is 0 Å². The molecule has 3 saturated heterocycles. The number of piperidine rings is 1. The molecule has 184 valence electrons. The van der Waals surface area contributed by atoms with Gasteiger partial charge in [0.05, 0.1) is 13.2 Å². The predicted molar refractivity (Wildman–Crippen MR) is 135 cm³/mol. The van der Waals surface area contributed by atoms with Crippen molar-refractivity contribution < 1.29 is 9.53 Å². The topological polar surface area (TPSA) is 39.3 Å². The van der Waals surface area contributed by atoms with E-state index >= 15 is 0 Å². The highest BCUT2D eigenvalue weighted by Gasteiger charge is 2.34. The normalized spacial score (nSPS) is 25.6. The van der Waals surface area contributed by atoms with Gasteiger partial charge in [-0.05, 0) is 50.3 Å². The molecule has 0 unspecified atom stereocenters. The molecule has 3 aliphatic rings. The largest absolute Gasteiger partial charge is 0.379 e. The Kier molecular flexibility index (Phi) is 8.67. The van der Waals surface area contributed by atoms with E-state index in [1.54, 1.807) is 0 Å². The Bertz CT molecular complexity index is 739. The minimum Gasteiger partial charge on any atom is -0.379 e. The maximum atomic E-state index is 13.1. The van der Waals surface area contributed by atoms with E-state index in [0.717, 1.165) is 65.4 Å². The number of ether oxygens (including phenoxy) is 1. The lowest BCUT2D eigenvalue weighted by Crippen LogP contribution is -2.54. The molecule has 3 fully saturated rings. The van der Waals surface area contributed by atoms with Gasteiger partial charge in [-0.25, -0.2) is 0 Å². The van der Waals surface area contributed by atoms with Crippen molar-refractivity contribution in [1.29, 1.82) is 0 Å². The fourth-order valence-corrected chi connectivity index (χ4v) is 5.89. The van der Waals surface area contributed by atoms with Crippen molar-refractivity contribution in [2.75, 3.05) is 77.0 Å². The first-order valence-corrected chi connectivity index (χ1v) is 13.1. The van der Waals surface area contributed by atoms with E-state index in [4.69, 9.17) is 4.74 Å². The van der Waals surface area contributed by atoms with Crippen LogP contribution >= 0.6 is 0 Å². The number of morpholine rings is 1. The van der Waals surface area contributed by atoms with Crippen molar-refractivity contribution >= 4 is 11.6 Å². The molecular weight excluding hydrogens is 412 g/mol. The quantitative estimate of drug-likeness (QED) is 0.631. The van der Waals surface area contributed by atoms with Gasteiger partial charge in [-0.1, -0.05) is 31.5 Å². The highest BCUT2D eigenvalue weighted by atomic mass is 16.5. The molecule has 0 radical (unpaired) electrons. The van der Waals surface area contributed by atoms with Crippen LogP contribution in [0.2, 0.25) is 0 Å². The number of amides is 1. The van der Waals surface area contributed by atoms with Crippen LogP contribution in [-0.2, 0) is 9.53 Å². The average Bonchev–Trinajstić information content (AvgIpc) is 2.83. The van der Waals surface area contributed by atoms with Crippen molar-refractivity contribution in [3.8, 4) is 0 Å². The number of carbonyl (C=O) groups is 1. The number of nitrogens with zero attached hydrogens (tertiary/aromatic N) is 4. The summed E-state index contributed by atoms with van der Waals surface area (Å²) >= 11 is 0. The van der Waals surface area contributed by atoms with Crippen LogP contribution in [0, 0.1) is 18.8 Å². The molecule has 0 spiro atoms. The van der Waals surface area contributed by atoms with Crippen LogP contribution in [0.4, 0.5) is 5.69 Å². The lowest BCUT2D eigenvalue weighted by Gasteiger charge is -2.45. The molecule has 0 saturated carbocycles. The van der Waals surface area contributed by atoms with Gasteiger partial charge in [0.25, 0.3) is 0 Å². The van der Waals surface area contributed by atoms with Gasteiger partial charge in [0.2, 0.25) is 5.91 Å². The van der Waals surface area contributed by atoms with Gasteiger partial charge < -0.3 is 19.4 Å². The summed E-state index contributed by atoms with van der Waals surface area (Å²) in [6.07, 6.45) is 2.92. The van der Waals surface area contributed by atoms with Crippen molar-refractivity contribution in [2.24, 2.45) is 11.8 Å². The smallest absolute Gasteiger partial charge is 0.222 e. The van der Waals surface area contributed by atoms with Crippen molar-refractivity contribution in [2.45, 2.75) is 46.1 Å². The zero-order valence-electron chi connectivity index (χ0n) is 21.0. The van der Waals surface area contributed by atoms with E-state index in [0.29, 0.717) is 30.2 Å². The summed E-state index contributed by atoms with van der Waals surface area (Å²) < 4.78 is 5.61. The Balaban J connectivity index is 1.29. The first kappa shape index (κ1) is 24.5. The van der Waals surface area contributed by atoms with Gasteiger partial charge in [-0.3, -0.25) is 9.69 Å². The van der Waals surface area contributed by atoms with E-state index in [1.165, 1.54) is 30.8 Å². The summed E-state index contributed by atoms with van der Waals surface area (Å²) in [5.74, 6) is 1.62. The number of rotatable bonds is 7. The molecule has 2 atom stereocenters. The Hall–Kier alpha value is -1.63. The zero-order valence-corrected chi connectivity index (χ0v) is 21.0. The van der Waals surface area contributed by atoms with Gasteiger partial charge >= 0.3 is 0 Å². The summed E-state index contributed by atoms with van der Waals surface area (Å²) in [5, 5.41) is 0. The molecule has 6 heteroatoms. The number of benzene rings is 1. The third-order valence-corrected chi connectivity index (χ3v) is 7.68. The molecule has 0 aliphatic carbocycles. The van der Waals surface area contributed by atoms with Crippen molar-refractivity contribution in [3.05, 3.63) is 29.8 Å². The summed E-state index contributed by atoms with van der Waals surface area (Å²) in [5.41, 5.74) is 2.56. The van der Waals surface area contributed by atoms with Gasteiger partial charge in [0.1, 0.15) is 0 Å². The second-order valence-corrected chi connectivity index (χ2v) is 10.7. The molecule has 1 aromatic rings. The number of piperazine rings is 1. The highest BCUT2D eigenvalue weighted by molar-refractivity contribution is 5.76. The van der Waals surface area contributed by atoms with E-state index in [2.05, 4.69) is 64.6 Å². The highest BCUT2D eigenvalue weighted by Crippen LogP contribution is 2.28. The molecule has 1 aromatic carbocycles. The Morgan fingerprint density at radius 1 is 1.00 bits per heavy atom. The van der Waals surface area contributed by atoms with Gasteiger partial charge in [-0.15, -0.1) is 0 Å². The number of likely N-dealkylation sites (tertiary alicyclic amines) is 1. The zero-order chi connectivity index (χ0) is 23.2. The lowest BCUT2D eigenvalue weighted by molar-refractivity contribution is -0.132. The van der Waals surface area contributed by atoms with Gasteiger partial charge in [0.15, 0.2) is 0 Å². The Labute approximate surface area is 200 Å². The molecule has 1 amide bonds. The Morgan fingerprint density at radius 2 is 1.70 bits per heavy atom. The third kappa shape index (κ3) is 6.71. The van der Waals surface area contributed by atoms with E-state index in [-0.39, 0.29) is 0 Å². The fraction of sp³-hybridized carbons (Fsp3) is 0.741. The third-order valence-electron chi connectivity index (χ3n) is 7.68. The fourth-order valence-electron chi connectivity index (χ4n) is 5.89. The summed E-state index contributed by atoms with van der Waals surface area (Å²) in [6, 6.07) is 9.34. The standard InChI is InChI=1S/C27H44N4O2/c1-22(2)20-28-11-10-26(30-16-18-33-19-17-30)24(21-28)6-9-27(32)31-14-12-29(13-15-31)25-7-4-23(3)5-8-25/h4-5,7-8,22,24,26H,6,9-21H2,1-3H3/t24-,26+/m0/s1. The second-order valence-electron chi connectivity index (χ2n) is 10.7. The SMILES string of the molecule is Cc1ccc(N2CCN(C(=O)CC[C@H]3CN(CC(C)C)CC[C@H]3N3CCOCC3)CC2)cc1. The number of hydrogen-bond donors (Lipinski definition) is 0. The number of carbonyl (C=O) groups excluding carboxylic acids is 1. The number of hydrogen-bond acceptors (Lipinski definition) is 5. The molecule has 33 heavy (non-hydrogen) atoms. The van der Waals surface area contributed by atoms with E-state index < -0.39 is 0 Å². The van der Waals surface area contributed by atoms with Crippen LogP contribution in [0.15, 0.2) is 24.3 Å². The van der Waals surface area contributed by atoms with Crippen LogP contribution in [-0.4, -0.2) is 98.8 Å². The number of aryl methyl sites for hydroxylation is 1. The molecule has 3 heterocycles. The van der Waals surface area contributed by atoms with Gasteiger partial charge in [0, 0.05) is 70.5 Å². The molecule has 0 N–H and O–H groups in total. The molecule has 4 rings (SSSR count). The van der Waals surface area contributed by atoms with E-state index in [9.17, 15) is 4.79 Å². The summed E-state index contributed by atoms with van der Waals surface area (Å²) in [6.45, 7) is 17.5. The average molecular weight is 457 g/mol. The minimum absolute atomic E-state index is 0.347. The van der Waals surface area contributed by atoms with E-state index in [1.807, 2.05) is 0 Å². The monoisotopic (exact) mass is 456 g/mol. The molecule has 0 aromatic heterocycles. The summed E-state index contributed by atoms with van der Waals surface area (Å²) in [7, 11) is 0. The Morgan fingerprint density at radius 3 is 2.36 bits per heavy atom. The first-order valence-electron chi connectivity index (χ1n) is 13.1. The first-order chi connectivity index (χ1) is 16.0. The second kappa shape index (κ2) is 11.7. The molecule has 6 nitrogen and oxygen atoms in total. The minimum atomic E-state index is 0.347. The van der Waals surface area contributed by atoms with Crippen LogP contribution in [0.3, 0.4) is 0 Å². The summed E-state index contributed by atoms with van der Waals surface area (Å²) in [4.78, 5) is 22.9. The molecule has 0 bridgehead atoms.